The maximum Gasteiger partial charge on any atom is 0.707 e. The zero-order valence-electron chi connectivity index (χ0n) is 12.4. The van der Waals surface area contributed by atoms with E-state index in [1.807, 2.05) is 0 Å². The predicted octanol–water partition coefficient (Wildman–Crippen LogP) is 0.0218. The highest BCUT2D eigenvalue weighted by atomic mass is 16.6. The summed E-state index contributed by atoms with van der Waals surface area (Å²) >= 11 is 0. The summed E-state index contributed by atoms with van der Waals surface area (Å²) in [6.07, 6.45) is 0. The summed E-state index contributed by atoms with van der Waals surface area (Å²) in [6.45, 7) is 6.77. The zero-order valence-corrected chi connectivity index (χ0v) is 12.4. The molecule has 0 amide bonds. The minimum atomic E-state index is -1.77. The monoisotopic (exact) mass is 285 g/mol. The fourth-order valence-corrected chi connectivity index (χ4v) is 0.826. The molecule has 114 valence electrons. The Balaban J connectivity index is 0.000000396. The topological polar surface area (TPSA) is 116 Å². The standard InChI is InChI=1S/C7H10BNO3.C6H14O2/c9-5-6-1-3-7(4-2-6)12-8(10)11;1-5(2,7)6(3,4)8/h1-4,10-11H,5,9H2;7-8H,1-4H3. The van der Waals surface area contributed by atoms with Crippen molar-refractivity contribution in [2.75, 3.05) is 0 Å². The maximum atomic E-state index is 9.10. The van der Waals surface area contributed by atoms with Crippen molar-refractivity contribution in [1.29, 1.82) is 0 Å². The molecule has 0 spiro atoms. The van der Waals surface area contributed by atoms with Gasteiger partial charge in [0.25, 0.3) is 0 Å². The van der Waals surface area contributed by atoms with E-state index in [0.29, 0.717) is 12.3 Å². The first kappa shape index (κ1) is 18.9. The van der Waals surface area contributed by atoms with Crippen molar-refractivity contribution >= 4 is 7.32 Å². The van der Waals surface area contributed by atoms with Crippen molar-refractivity contribution in [1.82, 2.24) is 0 Å². The molecule has 0 aromatic heterocycles. The Hall–Kier alpha value is -1.12. The van der Waals surface area contributed by atoms with Crippen LogP contribution in [0.3, 0.4) is 0 Å². The Morgan fingerprint density at radius 3 is 1.65 bits per heavy atom. The van der Waals surface area contributed by atoms with E-state index in [1.54, 1.807) is 52.0 Å². The highest BCUT2D eigenvalue weighted by Crippen LogP contribution is 2.19. The van der Waals surface area contributed by atoms with Gasteiger partial charge in [0.1, 0.15) is 5.75 Å². The fraction of sp³-hybridized carbons (Fsp3) is 0.538. The number of benzene rings is 1. The molecule has 0 aliphatic rings. The van der Waals surface area contributed by atoms with Gasteiger partial charge in [0.15, 0.2) is 0 Å². The zero-order chi connectivity index (χ0) is 16.0. The molecule has 0 saturated heterocycles. The number of nitrogens with two attached hydrogens (primary N) is 1. The van der Waals surface area contributed by atoms with Crippen LogP contribution >= 0.6 is 0 Å². The average molecular weight is 285 g/mol. The van der Waals surface area contributed by atoms with Gasteiger partial charge in [0, 0.05) is 6.54 Å². The van der Waals surface area contributed by atoms with E-state index in [0.717, 1.165) is 5.56 Å². The van der Waals surface area contributed by atoms with Gasteiger partial charge in [-0.05, 0) is 45.4 Å². The van der Waals surface area contributed by atoms with Crippen LogP contribution in [0.1, 0.15) is 33.3 Å². The van der Waals surface area contributed by atoms with E-state index in [9.17, 15) is 0 Å². The smallest absolute Gasteiger partial charge is 0.512 e. The molecule has 0 saturated carbocycles. The van der Waals surface area contributed by atoms with E-state index in [1.165, 1.54) is 0 Å². The molecule has 0 heterocycles. The molecule has 0 fully saturated rings. The van der Waals surface area contributed by atoms with Gasteiger partial charge < -0.3 is 30.6 Å². The van der Waals surface area contributed by atoms with E-state index in [-0.39, 0.29) is 0 Å². The second-order valence-electron chi connectivity index (χ2n) is 5.41. The summed E-state index contributed by atoms with van der Waals surface area (Å²) in [7, 11) is -1.77. The first-order valence-corrected chi connectivity index (χ1v) is 6.24. The number of hydrogen-bond donors (Lipinski definition) is 5. The normalized spacial score (nSPS) is 11.4. The third-order valence-electron chi connectivity index (χ3n) is 2.90. The van der Waals surface area contributed by atoms with E-state index >= 15 is 0 Å². The molecule has 6 nitrogen and oxygen atoms in total. The van der Waals surface area contributed by atoms with Gasteiger partial charge in [-0.15, -0.1) is 0 Å². The van der Waals surface area contributed by atoms with E-state index in [4.69, 9.17) is 26.0 Å². The molecule has 0 atom stereocenters. The summed E-state index contributed by atoms with van der Waals surface area (Å²) in [5.74, 6) is 0.405. The number of rotatable bonds is 4. The highest BCUT2D eigenvalue weighted by Gasteiger charge is 2.31. The third-order valence-corrected chi connectivity index (χ3v) is 2.90. The summed E-state index contributed by atoms with van der Waals surface area (Å²) in [5.41, 5.74) is 4.32. The van der Waals surface area contributed by atoms with Crippen LogP contribution in [0.15, 0.2) is 24.3 Å². The van der Waals surface area contributed by atoms with Gasteiger partial charge in [0.05, 0.1) is 11.2 Å². The molecule has 20 heavy (non-hydrogen) atoms. The van der Waals surface area contributed by atoms with Crippen molar-refractivity contribution < 1.29 is 24.9 Å². The molecule has 1 rings (SSSR count). The lowest BCUT2D eigenvalue weighted by molar-refractivity contribution is -0.107. The molecular weight excluding hydrogens is 261 g/mol. The lowest BCUT2D eigenvalue weighted by Crippen LogP contribution is -2.44. The molecule has 0 aliphatic carbocycles. The molecular formula is C13H24BNO5. The molecule has 0 unspecified atom stereocenters. The van der Waals surface area contributed by atoms with E-state index < -0.39 is 18.5 Å². The van der Waals surface area contributed by atoms with Crippen molar-refractivity contribution in [2.24, 2.45) is 5.73 Å². The van der Waals surface area contributed by atoms with Crippen molar-refractivity contribution in [2.45, 2.75) is 45.4 Å². The quantitative estimate of drug-likeness (QED) is 0.498. The van der Waals surface area contributed by atoms with Crippen LogP contribution in [0.5, 0.6) is 5.75 Å². The Kier molecular flexibility index (Phi) is 7.19. The van der Waals surface area contributed by atoms with Gasteiger partial charge in [-0.1, -0.05) is 12.1 Å². The second-order valence-corrected chi connectivity index (χ2v) is 5.41. The fourth-order valence-electron chi connectivity index (χ4n) is 0.826. The van der Waals surface area contributed by atoms with Crippen molar-refractivity contribution in [3.05, 3.63) is 29.8 Å². The first-order chi connectivity index (χ1) is 8.97. The predicted molar refractivity (Wildman–Crippen MR) is 77.7 cm³/mol. The lowest BCUT2D eigenvalue weighted by Gasteiger charge is -2.31. The Bertz CT molecular complexity index is 369. The Morgan fingerprint density at radius 1 is 1.00 bits per heavy atom. The molecule has 1 aromatic rings. The molecule has 6 N–H and O–H groups in total. The number of aliphatic hydroxyl groups is 2. The largest absolute Gasteiger partial charge is 0.707 e. The van der Waals surface area contributed by atoms with Gasteiger partial charge in [0.2, 0.25) is 0 Å². The summed E-state index contributed by atoms with van der Waals surface area (Å²) in [5, 5.41) is 35.1. The minimum Gasteiger partial charge on any atom is -0.512 e. The van der Waals surface area contributed by atoms with Crippen LogP contribution in [0.4, 0.5) is 0 Å². The van der Waals surface area contributed by atoms with Gasteiger partial charge in [-0.2, -0.15) is 0 Å². The van der Waals surface area contributed by atoms with Gasteiger partial charge in [-0.3, -0.25) is 0 Å². The molecule has 1 aromatic carbocycles. The molecule has 0 bridgehead atoms. The first-order valence-electron chi connectivity index (χ1n) is 6.24. The number of hydrogen-bond acceptors (Lipinski definition) is 6. The molecule has 7 heteroatoms. The van der Waals surface area contributed by atoms with Crippen molar-refractivity contribution in [3.63, 3.8) is 0 Å². The van der Waals surface area contributed by atoms with Crippen molar-refractivity contribution in [3.8, 4) is 5.75 Å². The van der Waals surface area contributed by atoms with Crippen LogP contribution in [-0.4, -0.2) is 38.8 Å². The van der Waals surface area contributed by atoms with E-state index in [2.05, 4.69) is 4.65 Å². The summed E-state index contributed by atoms with van der Waals surface area (Å²) in [4.78, 5) is 0. The third kappa shape index (κ3) is 7.47. The van der Waals surface area contributed by atoms with Gasteiger partial charge in [-0.25, -0.2) is 0 Å². The molecule has 0 radical (unpaired) electrons. The van der Waals surface area contributed by atoms with Crippen LogP contribution in [0, 0.1) is 0 Å². The second kappa shape index (κ2) is 7.61. The SMILES string of the molecule is CC(C)(O)C(C)(C)O.NCc1ccc(OB(O)O)cc1. The summed E-state index contributed by atoms with van der Waals surface area (Å²) in [6, 6.07) is 6.78. The Morgan fingerprint density at radius 2 is 1.40 bits per heavy atom. The average Bonchev–Trinajstić information content (AvgIpc) is 2.27. The summed E-state index contributed by atoms with van der Waals surface area (Å²) < 4.78 is 4.58. The lowest BCUT2D eigenvalue weighted by atomic mass is 9.90. The van der Waals surface area contributed by atoms with Crippen LogP contribution in [-0.2, 0) is 6.54 Å². The van der Waals surface area contributed by atoms with Crippen LogP contribution < -0.4 is 10.4 Å². The molecule has 0 aliphatic heterocycles. The minimum absolute atomic E-state index is 0.405. The highest BCUT2D eigenvalue weighted by molar-refractivity contribution is 6.33. The maximum absolute atomic E-state index is 9.10. The Labute approximate surface area is 120 Å². The van der Waals surface area contributed by atoms with Gasteiger partial charge >= 0.3 is 7.32 Å². The van der Waals surface area contributed by atoms with Crippen LogP contribution in [0.25, 0.3) is 0 Å². The van der Waals surface area contributed by atoms with Crippen LogP contribution in [0.2, 0.25) is 0 Å².